The summed E-state index contributed by atoms with van der Waals surface area (Å²) in [6.45, 7) is 5.11. The maximum absolute atomic E-state index is 5.31. The summed E-state index contributed by atoms with van der Waals surface area (Å²) in [6, 6.07) is 8.92. The van der Waals surface area contributed by atoms with E-state index in [2.05, 4.69) is 38.8 Å². The van der Waals surface area contributed by atoms with Crippen LogP contribution in [0.5, 0.6) is 5.75 Å². The van der Waals surface area contributed by atoms with Gasteiger partial charge in [0.25, 0.3) is 0 Å². The third kappa shape index (κ3) is 3.78. The number of nitrogens with zero attached hydrogens (tertiary/aromatic N) is 2. The molecule has 0 radical (unpaired) electrons. The minimum absolute atomic E-state index is 0.589. The van der Waals surface area contributed by atoms with Gasteiger partial charge < -0.3 is 15.0 Å². The van der Waals surface area contributed by atoms with E-state index in [1.807, 2.05) is 13.0 Å². The van der Waals surface area contributed by atoms with Gasteiger partial charge in [-0.05, 0) is 31.9 Å². The van der Waals surface area contributed by atoms with Crippen molar-refractivity contribution in [2.45, 2.75) is 32.4 Å². The monoisotopic (exact) mass is 317 g/mol. The van der Waals surface area contributed by atoms with Crippen molar-refractivity contribution in [3.05, 3.63) is 40.3 Å². The third-order valence-corrected chi connectivity index (χ3v) is 5.09. The summed E-state index contributed by atoms with van der Waals surface area (Å²) < 4.78 is 5.31. The van der Waals surface area contributed by atoms with Gasteiger partial charge in [-0.2, -0.15) is 0 Å². The first-order valence-corrected chi connectivity index (χ1v) is 8.66. The van der Waals surface area contributed by atoms with Crippen molar-refractivity contribution in [1.29, 1.82) is 0 Å². The number of hydrogen-bond acceptors (Lipinski definition) is 5. The number of methoxy groups -OCH3 is 1. The minimum atomic E-state index is 0.589. The molecule has 1 aromatic carbocycles. The van der Waals surface area contributed by atoms with E-state index < -0.39 is 0 Å². The zero-order chi connectivity index (χ0) is 15.4. The Morgan fingerprint density at radius 2 is 2.18 bits per heavy atom. The summed E-state index contributed by atoms with van der Waals surface area (Å²) in [5, 5.41) is 6.94. The molecule has 0 bridgehead atoms. The Morgan fingerprint density at radius 3 is 2.86 bits per heavy atom. The number of anilines is 1. The van der Waals surface area contributed by atoms with Gasteiger partial charge in [0.2, 0.25) is 0 Å². The molecule has 22 heavy (non-hydrogen) atoms. The fraction of sp³-hybridized carbons (Fsp3) is 0.471. The molecule has 1 aliphatic rings. The zero-order valence-electron chi connectivity index (χ0n) is 13.2. The van der Waals surface area contributed by atoms with Crippen LogP contribution in [0.15, 0.2) is 29.6 Å². The highest BCUT2D eigenvalue weighted by Gasteiger charge is 2.19. The van der Waals surface area contributed by atoms with E-state index in [0.29, 0.717) is 6.04 Å². The lowest BCUT2D eigenvalue weighted by Crippen LogP contribution is -2.42. The van der Waals surface area contributed by atoms with Crippen molar-refractivity contribution in [3.8, 4) is 5.75 Å². The summed E-state index contributed by atoms with van der Waals surface area (Å²) in [4.78, 5) is 6.95. The lowest BCUT2D eigenvalue weighted by molar-refractivity contribution is 0.408. The van der Waals surface area contributed by atoms with Crippen molar-refractivity contribution in [2.75, 3.05) is 25.1 Å². The molecule has 1 N–H and O–H groups in total. The molecule has 5 heteroatoms. The standard InChI is InChI=1S/C17H23N3OS/c1-13-12-22-17(19-13)11-18-14-6-8-20(9-7-14)15-4-3-5-16(10-15)21-2/h3-5,10,12,14,18H,6-9,11H2,1-2H3. The average molecular weight is 317 g/mol. The molecule has 2 heterocycles. The van der Waals surface area contributed by atoms with E-state index in [0.717, 1.165) is 31.1 Å². The third-order valence-electron chi connectivity index (χ3n) is 4.12. The van der Waals surface area contributed by atoms with Gasteiger partial charge in [-0.3, -0.25) is 0 Å². The fourth-order valence-electron chi connectivity index (χ4n) is 2.86. The quantitative estimate of drug-likeness (QED) is 0.919. The van der Waals surface area contributed by atoms with E-state index in [4.69, 9.17) is 4.74 Å². The van der Waals surface area contributed by atoms with Crippen molar-refractivity contribution in [2.24, 2.45) is 0 Å². The number of piperidine rings is 1. The SMILES string of the molecule is COc1cccc(N2CCC(NCc3nc(C)cs3)CC2)c1. The molecular formula is C17H23N3OS. The number of aryl methyl sites for hydroxylation is 1. The number of nitrogens with one attached hydrogen (secondary N) is 1. The summed E-state index contributed by atoms with van der Waals surface area (Å²) in [7, 11) is 1.72. The van der Waals surface area contributed by atoms with Gasteiger partial charge in [-0.25, -0.2) is 4.98 Å². The van der Waals surface area contributed by atoms with Gasteiger partial charge in [-0.15, -0.1) is 11.3 Å². The highest BCUT2D eigenvalue weighted by atomic mass is 32.1. The number of benzene rings is 1. The van der Waals surface area contributed by atoms with Crippen LogP contribution in [0.4, 0.5) is 5.69 Å². The van der Waals surface area contributed by atoms with E-state index in [1.165, 1.54) is 23.5 Å². The van der Waals surface area contributed by atoms with Gasteiger partial charge in [0.15, 0.2) is 0 Å². The van der Waals surface area contributed by atoms with Crippen LogP contribution in [0, 0.1) is 6.92 Å². The number of aromatic nitrogens is 1. The first kappa shape index (κ1) is 15.3. The van der Waals surface area contributed by atoms with Crippen LogP contribution in [-0.4, -0.2) is 31.2 Å². The summed E-state index contributed by atoms with van der Waals surface area (Å²) in [6.07, 6.45) is 2.34. The molecule has 4 nitrogen and oxygen atoms in total. The lowest BCUT2D eigenvalue weighted by atomic mass is 10.0. The van der Waals surface area contributed by atoms with Crippen LogP contribution in [0.1, 0.15) is 23.5 Å². The van der Waals surface area contributed by atoms with Crippen LogP contribution >= 0.6 is 11.3 Å². The molecule has 3 rings (SSSR count). The molecule has 118 valence electrons. The smallest absolute Gasteiger partial charge is 0.120 e. The molecule has 1 aromatic heterocycles. The topological polar surface area (TPSA) is 37.4 Å². The Kier molecular flexibility index (Phi) is 4.95. The maximum Gasteiger partial charge on any atom is 0.120 e. The van der Waals surface area contributed by atoms with Gasteiger partial charge in [0.1, 0.15) is 10.8 Å². The second kappa shape index (κ2) is 7.11. The van der Waals surface area contributed by atoms with Crippen molar-refractivity contribution in [1.82, 2.24) is 10.3 Å². The number of thiazole rings is 1. The van der Waals surface area contributed by atoms with E-state index in [-0.39, 0.29) is 0 Å². The lowest BCUT2D eigenvalue weighted by Gasteiger charge is -2.34. The molecular weight excluding hydrogens is 294 g/mol. The second-order valence-corrected chi connectivity index (χ2v) is 6.67. The van der Waals surface area contributed by atoms with Gasteiger partial charge in [-0.1, -0.05) is 6.07 Å². The minimum Gasteiger partial charge on any atom is -0.497 e. The first-order chi connectivity index (χ1) is 10.7. The Morgan fingerprint density at radius 1 is 1.36 bits per heavy atom. The summed E-state index contributed by atoms with van der Waals surface area (Å²) in [5.41, 5.74) is 2.38. The first-order valence-electron chi connectivity index (χ1n) is 7.78. The number of rotatable bonds is 5. The Bertz CT molecular complexity index is 605. The van der Waals surface area contributed by atoms with Gasteiger partial charge in [0.05, 0.1) is 7.11 Å². The van der Waals surface area contributed by atoms with Crippen LogP contribution in [0.3, 0.4) is 0 Å². The van der Waals surface area contributed by atoms with E-state index >= 15 is 0 Å². The summed E-state index contributed by atoms with van der Waals surface area (Å²) >= 11 is 1.74. The predicted molar refractivity (Wildman–Crippen MR) is 91.9 cm³/mol. The summed E-state index contributed by atoms with van der Waals surface area (Å²) in [5.74, 6) is 0.928. The predicted octanol–water partition coefficient (Wildman–Crippen LogP) is 3.22. The molecule has 1 fully saturated rings. The molecule has 0 saturated carbocycles. The van der Waals surface area contributed by atoms with Crippen molar-refractivity contribution >= 4 is 17.0 Å². The molecule has 0 unspecified atom stereocenters. The van der Waals surface area contributed by atoms with Crippen LogP contribution in [0.2, 0.25) is 0 Å². The molecule has 0 amide bonds. The van der Waals surface area contributed by atoms with E-state index in [1.54, 1.807) is 18.4 Å². The molecule has 0 atom stereocenters. The molecule has 1 saturated heterocycles. The molecule has 2 aromatic rings. The maximum atomic E-state index is 5.31. The Labute approximate surface area is 136 Å². The average Bonchev–Trinajstić information content (AvgIpc) is 2.99. The highest BCUT2D eigenvalue weighted by molar-refractivity contribution is 7.09. The van der Waals surface area contributed by atoms with Crippen molar-refractivity contribution in [3.63, 3.8) is 0 Å². The van der Waals surface area contributed by atoms with Crippen LogP contribution in [-0.2, 0) is 6.54 Å². The zero-order valence-corrected chi connectivity index (χ0v) is 14.0. The highest BCUT2D eigenvalue weighted by Crippen LogP contribution is 2.24. The number of ether oxygens (including phenoxy) is 1. The molecule has 0 aliphatic carbocycles. The second-order valence-electron chi connectivity index (χ2n) is 5.73. The fourth-order valence-corrected chi connectivity index (χ4v) is 3.59. The van der Waals surface area contributed by atoms with Crippen LogP contribution in [0.25, 0.3) is 0 Å². The normalized spacial score (nSPS) is 16.0. The van der Waals surface area contributed by atoms with E-state index in [9.17, 15) is 0 Å². The Balaban J connectivity index is 1.49. The Hall–Kier alpha value is -1.59. The molecule has 0 spiro atoms. The number of hydrogen-bond donors (Lipinski definition) is 1. The largest absolute Gasteiger partial charge is 0.497 e. The van der Waals surface area contributed by atoms with Crippen LogP contribution < -0.4 is 15.0 Å². The van der Waals surface area contributed by atoms with Gasteiger partial charge >= 0.3 is 0 Å². The van der Waals surface area contributed by atoms with Crippen molar-refractivity contribution < 1.29 is 4.74 Å². The van der Waals surface area contributed by atoms with Gasteiger partial charge in [0, 0.05) is 48.5 Å². The molecule has 1 aliphatic heterocycles.